The lowest BCUT2D eigenvalue weighted by Gasteiger charge is -2.31. The molecule has 3 atom stereocenters. The molecule has 0 N–H and O–H groups in total. The van der Waals surface area contributed by atoms with Crippen LogP contribution in [0.4, 0.5) is 0 Å². The van der Waals surface area contributed by atoms with Crippen molar-refractivity contribution in [3.05, 3.63) is 0 Å². The Balaban J connectivity index is 5.45. The average molecular weight is 835 g/mol. The highest BCUT2D eigenvalue weighted by molar-refractivity contribution is 5.95. The van der Waals surface area contributed by atoms with E-state index in [2.05, 4.69) is 39.5 Å². The van der Waals surface area contributed by atoms with E-state index in [-0.39, 0.29) is 29.8 Å². The fraction of sp³-hybridized carbons (Fsp3) is 0.922. The summed E-state index contributed by atoms with van der Waals surface area (Å²) in [6.45, 7) is 13.1. The number of hydrogen-bond acceptors (Lipinski definition) is 7. The van der Waals surface area contributed by atoms with Gasteiger partial charge in [0.1, 0.15) is 0 Å². The number of carbonyl (C=O) groups excluding carboxylic acids is 4. The van der Waals surface area contributed by atoms with Crippen molar-refractivity contribution in [2.45, 2.75) is 259 Å². The number of imide groups is 1. The highest BCUT2D eigenvalue weighted by Crippen LogP contribution is 2.24. The van der Waals surface area contributed by atoms with Crippen LogP contribution in [0.25, 0.3) is 0 Å². The van der Waals surface area contributed by atoms with Crippen molar-refractivity contribution in [3.8, 4) is 0 Å². The minimum absolute atomic E-state index is 0.0276. The number of rotatable bonds is 43. The van der Waals surface area contributed by atoms with Gasteiger partial charge in [0.05, 0.1) is 13.2 Å². The normalized spacial score (nSPS) is 13.0. The van der Waals surface area contributed by atoms with Crippen molar-refractivity contribution in [2.24, 2.45) is 11.8 Å². The standard InChI is InChI=1S/C51H98N2O6/c1-8-13-18-20-27-38-48(54)53(49(55)39-30-31-42-52(6)7)47(36-25-21-28-40-50(56)58-43-45(32-16-11-4)34-23-15-10-3)37-26-22-29-41-51(57)59-44-46(33-17-12-5)35-24-19-14-9-2/h45-47H,8-44H2,1-7H3. The van der Waals surface area contributed by atoms with Crippen molar-refractivity contribution in [3.63, 3.8) is 0 Å². The van der Waals surface area contributed by atoms with Gasteiger partial charge in [0.25, 0.3) is 0 Å². The van der Waals surface area contributed by atoms with Gasteiger partial charge >= 0.3 is 11.9 Å². The maximum Gasteiger partial charge on any atom is 0.305 e. The Labute approximate surface area is 365 Å². The molecule has 0 saturated carbocycles. The summed E-state index contributed by atoms with van der Waals surface area (Å²) < 4.78 is 11.6. The SMILES string of the molecule is CCCCCCCC(=O)N(C(=O)CCCCN(C)C)C(CCCCCC(=O)OCC(CCCC)CCCCC)CCCCCC(=O)OCC(CCCC)CCCCCC. The van der Waals surface area contributed by atoms with Crippen LogP contribution in [0, 0.1) is 11.8 Å². The van der Waals surface area contributed by atoms with Gasteiger partial charge in [0.2, 0.25) is 11.8 Å². The van der Waals surface area contributed by atoms with E-state index in [1.165, 1.54) is 64.2 Å². The second kappa shape index (κ2) is 41.4. The molecule has 0 aromatic rings. The summed E-state index contributed by atoms with van der Waals surface area (Å²) >= 11 is 0. The molecule has 0 saturated heterocycles. The molecule has 0 aliphatic heterocycles. The maximum absolute atomic E-state index is 13.9. The monoisotopic (exact) mass is 835 g/mol. The van der Waals surface area contributed by atoms with Gasteiger partial charge in [-0.05, 0) is 103 Å². The second-order valence-corrected chi connectivity index (χ2v) is 18.2. The lowest BCUT2D eigenvalue weighted by atomic mass is 9.96. The molecule has 59 heavy (non-hydrogen) atoms. The zero-order valence-electron chi connectivity index (χ0n) is 40.2. The molecule has 8 nitrogen and oxygen atoms in total. The molecule has 0 aliphatic rings. The molecular formula is C51H98N2O6. The van der Waals surface area contributed by atoms with E-state index < -0.39 is 0 Å². The molecule has 0 aliphatic carbocycles. The molecule has 0 heterocycles. The summed E-state index contributed by atoms with van der Waals surface area (Å²) in [7, 11) is 4.09. The third-order valence-electron chi connectivity index (χ3n) is 12.1. The highest BCUT2D eigenvalue weighted by Gasteiger charge is 2.28. The van der Waals surface area contributed by atoms with Crippen LogP contribution in [0.5, 0.6) is 0 Å². The molecule has 0 aromatic carbocycles. The average Bonchev–Trinajstić information content (AvgIpc) is 3.21. The third kappa shape index (κ3) is 34.3. The van der Waals surface area contributed by atoms with Crippen LogP contribution < -0.4 is 0 Å². The van der Waals surface area contributed by atoms with E-state index in [0.29, 0.717) is 50.7 Å². The molecule has 348 valence electrons. The first kappa shape index (κ1) is 57.0. The van der Waals surface area contributed by atoms with Gasteiger partial charge in [-0.15, -0.1) is 0 Å². The number of amides is 2. The summed E-state index contributed by atoms with van der Waals surface area (Å²) in [5.74, 6) is 0.647. The second-order valence-electron chi connectivity index (χ2n) is 18.2. The molecule has 0 spiro atoms. The Hall–Kier alpha value is -1.96. The Bertz CT molecular complexity index is 1000. The Morgan fingerprint density at radius 3 is 1.19 bits per heavy atom. The predicted molar refractivity (Wildman–Crippen MR) is 248 cm³/mol. The van der Waals surface area contributed by atoms with E-state index in [4.69, 9.17) is 9.47 Å². The number of carbonyl (C=O) groups is 4. The first-order chi connectivity index (χ1) is 28.6. The maximum atomic E-state index is 13.9. The summed E-state index contributed by atoms with van der Waals surface area (Å²) in [6.07, 6.45) is 32.8. The van der Waals surface area contributed by atoms with Gasteiger partial charge in [-0.2, -0.15) is 0 Å². The van der Waals surface area contributed by atoms with Crippen LogP contribution in [0.3, 0.4) is 0 Å². The lowest BCUT2D eigenvalue weighted by Crippen LogP contribution is -2.44. The Kier molecular flexibility index (Phi) is 40.0. The number of unbranched alkanes of at least 4 members (excludes halogenated alkanes) is 16. The van der Waals surface area contributed by atoms with E-state index in [1.54, 1.807) is 4.90 Å². The zero-order chi connectivity index (χ0) is 43.8. The van der Waals surface area contributed by atoms with Crippen molar-refractivity contribution in [2.75, 3.05) is 33.9 Å². The molecular weight excluding hydrogens is 737 g/mol. The molecule has 2 amide bonds. The lowest BCUT2D eigenvalue weighted by molar-refractivity contribution is -0.148. The number of nitrogens with zero attached hydrogens (tertiary/aromatic N) is 2. The van der Waals surface area contributed by atoms with Gasteiger partial charge in [0.15, 0.2) is 0 Å². The fourth-order valence-corrected chi connectivity index (χ4v) is 8.14. The molecule has 0 aromatic heterocycles. The Morgan fingerprint density at radius 1 is 0.390 bits per heavy atom. The summed E-state index contributed by atoms with van der Waals surface area (Å²) in [4.78, 5) is 57.1. The molecule has 0 bridgehead atoms. The first-order valence-corrected chi connectivity index (χ1v) is 25.4. The zero-order valence-corrected chi connectivity index (χ0v) is 40.2. The predicted octanol–water partition coefficient (Wildman–Crippen LogP) is 14.0. The van der Waals surface area contributed by atoms with Crippen LogP contribution in [-0.2, 0) is 28.7 Å². The number of esters is 2. The van der Waals surface area contributed by atoms with Crippen LogP contribution in [-0.4, -0.2) is 73.4 Å². The van der Waals surface area contributed by atoms with E-state index in [0.717, 1.165) is 135 Å². The number of ether oxygens (including phenoxy) is 2. The number of hydrogen-bond donors (Lipinski definition) is 0. The van der Waals surface area contributed by atoms with Crippen LogP contribution in [0.15, 0.2) is 0 Å². The fourth-order valence-electron chi connectivity index (χ4n) is 8.14. The van der Waals surface area contributed by atoms with E-state index in [9.17, 15) is 19.2 Å². The van der Waals surface area contributed by atoms with Crippen molar-refractivity contribution >= 4 is 23.8 Å². The van der Waals surface area contributed by atoms with Crippen molar-refractivity contribution < 1.29 is 28.7 Å². The molecule has 3 unspecified atom stereocenters. The largest absolute Gasteiger partial charge is 0.465 e. The van der Waals surface area contributed by atoms with Gasteiger partial charge in [-0.25, -0.2) is 0 Å². The minimum Gasteiger partial charge on any atom is -0.465 e. The van der Waals surface area contributed by atoms with Crippen molar-refractivity contribution in [1.29, 1.82) is 0 Å². The van der Waals surface area contributed by atoms with Gasteiger partial charge < -0.3 is 14.4 Å². The van der Waals surface area contributed by atoms with Crippen molar-refractivity contribution in [1.82, 2.24) is 9.80 Å². The molecule has 8 heteroatoms. The smallest absolute Gasteiger partial charge is 0.305 e. The van der Waals surface area contributed by atoms with Crippen LogP contribution in [0.2, 0.25) is 0 Å². The van der Waals surface area contributed by atoms with E-state index in [1.807, 2.05) is 14.1 Å². The van der Waals surface area contributed by atoms with Crippen LogP contribution >= 0.6 is 0 Å². The minimum atomic E-state index is -0.159. The highest BCUT2D eigenvalue weighted by atomic mass is 16.5. The first-order valence-electron chi connectivity index (χ1n) is 25.4. The van der Waals surface area contributed by atoms with E-state index >= 15 is 0 Å². The topological polar surface area (TPSA) is 93.2 Å². The van der Waals surface area contributed by atoms with Gasteiger partial charge in [0, 0.05) is 31.7 Å². The summed E-state index contributed by atoms with van der Waals surface area (Å²) in [5.41, 5.74) is 0. The quantitative estimate of drug-likeness (QED) is 0.0446. The van der Waals surface area contributed by atoms with Crippen LogP contribution in [0.1, 0.15) is 253 Å². The summed E-state index contributed by atoms with van der Waals surface area (Å²) in [6, 6.07) is -0.159. The molecule has 0 radical (unpaired) electrons. The summed E-state index contributed by atoms with van der Waals surface area (Å²) in [5, 5.41) is 0. The Morgan fingerprint density at radius 2 is 0.729 bits per heavy atom. The molecule has 0 rings (SSSR count). The van der Waals surface area contributed by atoms with Gasteiger partial charge in [-0.3, -0.25) is 24.1 Å². The van der Waals surface area contributed by atoms with Gasteiger partial charge in [-0.1, -0.05) is 157 Å². The third-order valence-corrected chi connectivity index (χ3v) is 12.1. The molecule has 0 fully saturated rings.